The first kappa shape index (κ1) is 11.1. The Kier molecular flexibility index (Phi) is 4.82. The molecule has 0 aromatic heterocycles. The fourth-order valence-electron chi connectivity index (χ4n) is 1.78. The van der Waals surface area contributed by atoms with E-state index in [4.69, 9.17) is 11.6 Å². The van der Waals surface area contributed by atoms with Gasteiger partial charge in [-0.1, -0.05) is 11.6 Å². The second kappa shape index (κ2) is 5.66. The first-order chi connectivity index (χ1) is 6.22. The highest BCUT2D eigenvalue weighted by atomic mass is 35.5. The molecule has 0 saturated carbocycles. The Morgan fingerprint density at radius 1 is 1.54 bits per heavy atom. The maximum absolute atomic E-state index is 5.73. The van der Waals surface area contributed by atoms with Crippen LogP contribution in [0.4, 0.5) is 0 Å². The van der Waals surface area contributed by atoms with Gasteiger partial charge in [-0.05, 0) is 39.2 Å². The zero-order chi connectivity index (χ0) is 9.68. The van der Waals surface area contributed by atoms with Crippen LogP contribution in [0.25, 0.3) is 0 Å². The molecule has 1 aliphatic heterocycles. The molecule has 0 aromatic carbocycles. The lowest BCUT2D eigenvalue weighted by Gasteiger charge is -2.13. The van der Waals surface area contributed by atoms with Crippen molar-refractivity contribution in [3.8, 4) is 0 Å². The molecule has 13 heavy (non-hydrogen) atoms. The summed E-state index contributed by atoms with van der Waals surface area (Å²) in [5, 5.41) is 0. The Bertz CT molecular complexity index is 173. The van der Waals surface area contributed by atoms with Gasteiger partial charge in [0.25, 0.3) is 0 Å². The normalized spacial score (nSPS) is 23.5. The molecule has 1 nitrogen and oxygen atoms in total. The number of alkyl halides is 1. The predicted molar refractivity (Wildman–Crippen MR) is 59.3 cm³/mol. The van der Waals surface area contributed by atoms with Crippen LogP contribution in [0.5, 0.6) is 0 Å². The van der Waals surface area contributed by atoms with Gasteiger partial charge in [0.05, 0.1) is 0 Å². The van der Waals surface area contributed by atoms with Gasteiger partial charge in [0.15, 0.2) is 0 Å². The standard InChI is InChI=1S/C11H20ClN/c1-10(2)4-7-13-8-5-11(9-13)3-6-12/h4,11H,3,5-9H2,1-2H3. The zero-order valence-corrected chi connectivity index (χ0v) is 9.48. The molecule has 0 amide bonds. The number of likely N-dealkylation sites (tertiary alicyclic amines) is 1. The molecule has 0 aromatic rings. The Morgan fingerprint density at radius 2 is 2.31 bits per heavy atom. The van der Waals surface area contributed by atoms with Crippen molar-refractivity contribution < 1.29 is 0 Å². The summed E-state index contributed by atoms with van der Waals surface area (Å²) in [4.78, 5) is 2.52. The van der Waals surface area contributed by atoms with Gasteiger partial charge in [0.1, 0.15) is 0 Å². The predicted octanol–water partition coefficient (Wildman–Crippen LogP) is 2.90. The summed E-state index contributed by atoms with van der Waals surface area (Å²) >= 11 is 5.73. The van der Waals surface area contributed by atoms with Crippen LogP contribution in [0.3, 0.4) is 0 Å². The molecule has 1 atom stereocenters. The maximum Gasteiger partial charge on any atom is 0.0226 e. The van der Waals surface area contributed by atoms with E-state index < -0.39 is 0 Å². The van der Waals surface area contributed by atoms with Crippen molar-refractivity contribution in [3.63, 3.8) is 0 Å². The summed E-state index contributed by atoms with van der Waals surface area (Å²) in [5.74, 6) is 1.67. The molecule has 1 unspecified atom stereocenters. The second-order valence-electron chi connectivity index (χ2n) is 4.17. The van der Waals surface area contributed by atoms with E-state index in [-0.39, 0.29) is 0 Å². The third-order valence-corrected chi connectivity index (χ3v) is 2.86. The molecule has 1 saturated heterocycles. The molecule has 0 bridgehead atoms. The summed E-state index contributed by atoms with van der Waals surface area (Å²) < 4.78 is 0. The van der Waals surface area contributed by atoms with Gasteiger partial charge < -0.3 is 0 Å². The first-order valence-electron chi connectivity index (χ1n) is 5.14. The van der Waals surface area contributed by atoms with Crippen molar-refractivity contribution in [1.29, 1.82) is 0 Å². The lowest BCUT2D eigenvalue weighted by Crippen LogP contribution is -2.20. The number of nitrogens with zero attached hydrogens (tertiary/aromatic N) is 1. The van der Waals surface area contributed by atoms with Crippen molar-refractivity contribution in [3.05, 3.63) is 11.6 Å². The lowest BCUT2D eigenvalue weighted by molar-refractivity contribution is 0.356. The minimum Gasteiger partial charge on any atom is -0.299 e. The van der Waals surface area contributed by atoms with Gasteiger partial charge >= 0.3 is 0 Å². The van der Waals surface area contributed by atoms with E-state index in [2.05, 4.69) is 24.8 Å². The van der Waals surface area contributed by atoms with E-state index in [0.29, 0.717) is 0 Å². The topological polar surface area (TPSA) is 3.24 Å². The Hall–Kier alpha value is -0.0100. The van der Waals surface area contributed by atoms with Gasteiger partial charge in [-0.3, -0.25) is 4.90 Å². The molecule has 0 aliphatic carbocycles. The summed E-state index contributed by atoms with van der Waals surface area (Å²) in [5.41, 5.74) is 1.42. The number of halogens is 1. The van der Waals surface area contributed by atoms with E-state index in [0.717, 1.165) is 18.3 Å². The molecular weight excluding hydrogens is 182 g/mol. The van der Waals surface area contributed by atoms with Crippen molar-refractivity contribution >= 4 is 11.6 Å². The zero-order valence-electron chi connectivity index (χ0n) is 8.72. The van der Waals surface area contributed by atoms with Crippen LogP contribution in [0.15, 0.2) is 11.6 Å². The van der Waals surface area contributed by atoms with Gasteiger partial charge in [-0.15, -0.1) is 11.6 Å². The molecule has 1 heterocycles. The van der Waals surface area contributed by atoms with Crippen LogP contribution in [0.1, 0.15) is 26.7 Å². The van der Waals surface area contributed by atoms with Crippen LogP contribution in [-0.4, -0.2) is 30.4 Å². The van der Waals surface area contributed by atoms with Crippen molar-refractivity contribution in [2.45, 2.75) is 26.7 Å². The van der Waals surface area contributed by atoms with Gasteiger partial charge in [-0.2, -0.15) is 0 Å². The van der Waals surface area contributed by atoms with Crippen LogP contribution >= 0.6 is 11.6 Å². The van der Waals surface area contributed by atoms with Crippen LogP contribution < -0.4 is 0 Å². The first-order valence-corrected chi connectivity index (χ1v) is 5.67. The van der Waals surface area contributed by atoms with Gasteiger partial charge in [0, 0.05) is 19.0 Å². The Labute approximate surface area is 86.8 Å². The smallest absolute Gasteiger partial charge is 0.0226 e. The quantitative estimate of drug-likeness (QED) is 0.500. The second-order valence-corrected chi connectivity index (χ2v) is 4.55. The highest BCUT2D eigenvalue weighted by Crippen LogP contribution is 2.19. The molecule has 0 spiro atoms. The highest BCUT2D eigenvalue weighted by molar-refractivity contribution is 6.17. The highest BCUT2D eigenvalue weighted by Gasteiger charge is 2.20. The Morgan fingerprint density at radius 3 is 2.92 bits per heavy atom. The molecule has 76 valence electrons. The summed E-state index contributed by atoms with van der Waals surface area (Å²) in [6, 6.07) is 0. The monoisotopic (exact) mass is 201 g/mol. The minimum atomic E-state index is 0.821. The van der Waals surface area contributed by atoms with Crippen molar-refractivity contribution in [1.82, 2.24) is 4.90 Å². The fourth-order valence-corrected chi connectivity index (χ4v) is 2.09. The van der Waals surface area contributed by atoms with Gasteiger partial charge in [-0.25, -0.2) is 0 Å². The summed E-state index contributed by atoms with van der Waals surface area (Å²) in [7, 11) is 0. The fraction of sp³-hybridized carbons (Fsp3) is 0.818. The number of rotatable bonds is 4. The SMILES string of the molecule is CC(C)=CCN1CCC(CCCl)C1. The van der Waals surface area contributed by atoms with Crippen molar-refractivity contribution in [2.75, 3.05) is 25.5 Å². The van der Waals surface area contributed by atoms with Gasteiger partial charge in [0.2, 0.25) is 0 Å². The van der Waals surface area contributed by atoms with E-state index >= 15 is 0 Å². The van der Waals surface area contributed by atoms with Crippen LogP contribution in [0, 0.1) is 5.92 Å². The van der Waals surface area contributed by atoms with E-state index in [1.807, 2.05) is 0 Å². The molecule has 1 fully saturated rings. The van der Waals surface area contributed by atoms with Crippen LogP contribution in [0.2, 0.25) is 0 Å². The minimum absolute atomic E-state index is 0.821. The third kappa shape index (κ3) is 4.15. The van der Waals surface area contributed by atoms with E-state index in [9.17, 15) is 0 Å². The summed E-state index contributed by atoms with van der Waals surface area (Å²) in [6.07, 6.45) is 4.83. The molecule has 1 aliphatic rings. The molecule has 1 rings (SSSR count). The number of hydrogen-bond donors (Lipinski definition) is 0. The summed E-state index contributed by atoms with van der Waals surface area (Å²) in [6.45, 7) is 7.95. The maximum atomic E-state index is 5.73. The number of allylic oxidation sites excluding steroid dienone is 1. The van der Waals surface area contributed by atoms with E-state index in [1.165, 1.54) is 31.5 Å². The average molecular weight is 202 g/mol. The molecule has 0 radical (unpaired) electrons. The van der Waals surface area contributed by atoms with Crippen LogP contribution in [-0.2, 0) is 0 Å². The lowest BCUT2D eigenvalue weighted by atomic mass is 10.1. The van der Waals surface area contributed by atoms with E-state index in [1.54, 1.807) is 0 Å². The molecule has 0 N–H and O–H groups in total. The largest absolute Gasteiger partial charge is 0.299 e. The molecular formula is C11H20ClN. The molecule has 2 heteroatoms. The third-order valence-electron chi connectivity index (χ3n) is 2.65. The van der Waals surface area contributed by atoms with Crippen molar-refractivity contribution in [2.24, 2.45) is 5.92 Å². The average Bonchev–Trinajstić information content (AvgIpc) is 2.50. The Balaban J connectivity index is 2.21. The number of hydrogen-bond acceptors (Lipinski definition) is 1.